The molecule has 72 heavy (non-hydrogen) atoms. The standard InChI is InChI=1S/C25H52.C23H48.12C2H6/c1-11-18-23(7,8)25(10,24(9,15-5)19-12-2)20-16-17-22(14-4)21(6)13-3;1-11-16-21(7,8)23(10,22(9,13-3)17-12-2)18-14-15-20(6)19(4)5;12*1-2/h21-22H,11-20H2,1-10H3;19-20H,11-18H2,1-10H3;12*1-2H3. The Labute approximate surface area is 474 Å². The van der Waals surface area contributed by atoms with Crippen molar-refractivity contribution in [1.29, 1.82) is 0 Å². The molecule has 0 aromatic heterocycles. The molecule has 7 atom stereocenters. The lowest BCUT2D eigenvalue weighted by Gasteiger charge is -2.56. The number of hydrogen-bond donors (Lipinski definition) is 0. The maximum Gasteiger partial charge on any atom is -0.0221 e. The third-order valence-corrected chi connectivity index (χ3v) is 16.3. The maximum atomic E-state index is 2.64. The van der Waals surface area contributed by atoms with E-state index in [0.717, 1.165) is 23.7 Å². The second kappa shape index (κ2) is 79.9. The summed E-state index contributed by atoms with van der Waals surface area (Å²) in [5.74, 6) is 3.47. The van der Waals surface area contributed by atoms with Crippen molar-refractivity contribution in [3.05, 3.63) is 0 Å². The highest BCUT2D eigenvalue weighted by atomic mass is 14.6. The molecule has 0 amide bonds. The van der Waals surface area contributed by atoms with Crippen LogP contribution in [0.5, 0.6) is 0 Å². The van der Waals surface area contributed by atoms with Crippen LogP contribution in [-0.4, -0.2) is 0 Å². The van der Waals surface area contributed by atoms with Gasteiger partial charge in [0, 0.05) is 0 Å². The molecule has 0 aliphatic carbocycles. The van der Waals surface area contributed by atoms with Crippen molar-refractivity contribution >= 4 is 0 Å². The van der Waals surface area contributed by atoms with Crippen LogP contribution in [0.2, 0.25) is 0 Å². The van der Waals surface area contributed by atoms with E-state index >= 15 is 0 Å². The fraction of sp³-hybridized carbons (Fsp3) is 1.00. The molecule has 0 rings (SSSR count). The van der Waals surface area contributed by atoms with E-state index in [9.17, 15) is 0 Å². The van der Waals surface area contributed by atoms with Crippen LogP contribution in [0.1, 0.15) is 420 Å². The average Bonchev–Trinajstić information content (AvgIpc) is 3.44. The topological polar surface area (TPSA) is 0 Å². The molecule has 0 aliphatic heterocycles. The number of hydrogen-bond acceptors (Lipinski definition) is 0. The summed E-state index contributed by atoms with van der Waals surface area (Å²) < 4.78 is 0. The summed E-state index contributed by atoms with van der Waals surface area (Å²) in [5, 5.41) is 0. The minimum absolute atomic E-state index is 0.416. The summed E-state index contributed by atoms with van der Waals surface area (Å²) in [6, 6.07) is 0. The summed E-state index contributed by atoms with van der Waals surface area (Å²) in [7, 11) is 0. The molecule has 0 saturated heterocycles. The lowest BCUT2D eigenvalue weighted by Crippen LogP contribution is -2.48. The van der Waals surface area contributed by atoms with Crippen molar-refractivity contribution in [3.63, 3.8) is 0 Å². The first-order valence-electron chi connectivity index (χ1n) is 34.1. The molecular weight excluding hydrogens is 865 g/mol. The van der Waals surface area contributed by atoms with Crippen molar-refractivity contribution in [2.75, 3.05) is 0 Å². The third kappa shape index (κ3) is 47.2. The zero-order chi connectivity index (χ0) is 62.0. The smallest absolute Gasteiger partial charge is 0.0221 e. The SMILES string of the molecule is CC.CC.CC.CC.CC.CC.CC.CC.CC.CC.CC.CC.CCCC(C)(C)C(C)(CCCC(C)C(C)C)C(C)(CC)CCC.CCCC(C)(C)C(C)(CCCC(CC)C(C)CC)C(C)(CC)CCC. The Balaban J connectivity index is -0.0000000547. The van der Waals surface area contributed by atoms with Gasteiger partial charge in [-0.3, -0.25) is 0 Å². The zero-order valence-corrected chi connectivity index (χ0v) is 62.0. The quantitative estimate of drug-likeness (QED) is 0.0810. The van der Waals surface area contributed by atoms with E-state index in [1.165, 1.54) is 116 Å². The van der Waals surface area contributed by atoms with Gasteiger partial charge in [-0.05, 0) is 94.7 Å². The van der Waals surface area contributed by atoms with Crippen LogP contribution >= 0.6 is 0 Å². The van der Waals surface area contributed by atoms with E-state index in [-0.39, 0.29) is 0 Å². The molecule has 0 heterocycles. The predicted octanol–water partition coefficient (Wildman–Crippen LogP) is 30.1. The molecule has 0 radical (unpaired) electrons. The lowest BCUT2D eigenvalue weighted by molar-refractivity contribution is -0.0708. The second-order valence-corrected chi connectivity index (χ2v) is 19.8. The Kier molecular flexibility index (Phi) is 120. The van der Waals surface area contributed by atoms with Crippen molar-refractivity contribution in [2.24, 2.45) is 56.2 Å². The highest BCUT2D eigenvalue weighted by molar-refractivity contribution is 5.01. The van der Waals surface area contributed by atoms with Gasteiger partial charge >= 0.3 is 0 Å². The Morgan fingerprint density at radius 2 is 0.514 bits per heavy atom. The predicted molar refractivity (Wildman–Crippen MR) is 361 cm³/mol. The Hall–Kier alpha value is 0. The first kappa shape index (κ1) is 108. The zero-order valence-electron chi connectivity index (χ0n) is 62.0. The molecule has 460 valence electrons. The summed E-state index contributed by atoms with van der Waals surface area (Å²) in [6.07, 6.45) is 24.4. The normalized spacial score (nSPS) is 14.1. The summed E-state index contributed by atoms with van der Waals surface area (Å²) in [5.41, 5.74) is 2.61. The molecule has 0 spiro atoms. The van der Waals surface area contributed by atoms with Crippen LogP contribution in [-0.2, 0) is 0 Å². The minimum atomic E-state index is 0.416. The van der Waals surface area contributed by atoms with Gasteiger partial charge in [0.15, 0.2) is 0 Å². The van der Waals surface area contributed by atoms with Gasteiger partial charge in [0.05, 0.1) is 0 Å². The molecule has 0 aliphatic rings. The summed E-state index contributed by atoms with van der Waals surface area (Å²) in [4.78, 5) is 0. The van der Waals surface area contributed by atoms with E-state index in [1.807, 2.05) is 166 Å². The molecule has 0 saturated carbocycles. The van der Waals surface area contributed by atoms with Gasteiger partial charge in [0.25, 0.3) is 0 Å². The van der Waals surface area contributed by atoms with Gasteiger partial charge in [-0.25, -0.2) is 0 Å². The molecular formula is C72H172. The van der Waals surface area contributed by atoms with Crippen LogP contribution < -0.4 is 0 Å². The molecule has 0 bridgehead atoms. The van der Waals surface area contributed by atoms with Gasteiger partial charge < -0.3 is 0 Å². The van der Waals surface area contributed by atoms with Gasteiger partial charge in [-0.1, -0.05) is 382 Å². The molecule has 0 N–H and O–H groups in total. The second-order valence-electron chi connectivity index (χ2n) is 19.8. The molecule has 0 heteroatoms. The Bertz CT molecular complexity index is 788. The minimum Gasteiger partial charge on any atom is -0.0683 e. The van der Waals surface area contributed by atoms with E-state index in [0.29, 0.717) is 32.5 Å². The molecule has 7 unspecified atom stereocenters. The van der Waals surface area contributed by atoms with Crippen LogP contribution in [0.15, 0.2) is 0 Å². The average molecular weight is 1040 g/mol. The number of rotatable bonds is 26. The van der Waals surface area contributed by atoms with Crippen molar-refractivity contribution in [3.8, 4) is 0 Å². The highest BCUT2D eigenvalue weighted by Gasteiger charge is 2.52. The van der Waals surface area contributed by atoms with Gasteiger partial charge in [-0.15, -0.1) is 0 Å². The molecule has 0 fully saturated rings. The van der Waals surface area contributed by atoms with Crippen LogP contribution in [0.4, 0.5) is 0 Å². The monoisotopic (exact) mass is 1040 g/mol. The van der Waals surface area contributed by atoms with E-state index < -0.39 is 0 Å². The van der Waals surface area contributed by atoms with Gasteiger partial charge in [0.2, 0.25) is 0 Å². The lowest BCUT2D eigenvalue weighted by atomic mass is 9.48. The first-order chi connectivity index (χ1) is 34.1. The highest BCUT2D eigenvalue weighted by Crippen LogP contribution is 2.61. The fourth-order valence-corrected chi connectivity index (χ4v) is 10.6. The van der Waals surface area contributed by atoms with Crippen LogP contribution in [0, 0.1) is 56.2 Å². The van der Waals surface area contributed by atoms with Crippen molar-refractivity contribution < 1.29 is 0 Å². The Morgan fingerprint density at radius 1 is 0.278 bits per heavy atom. The van der Waals surface area contributed by atoms with E-state index in [1.54, 1.807) is 0 Å². The molecule has 0 aromatic rings. The summed E-state index contributed by atoms with van der Waals surface area (Å²) in [6.45, 7) is 97.4. The van der Waals surface area contributed by atoms with Crippen molar-refractivity contribution in [1.82, 2.24) is 0 Å². The largest absolute Gasteiger partial charge is 0.0683 e. The van der Waals surface area contributed by atoms with Crippen LogP contribution in [0.25, 0.3) is 0 Å². The molecule has 0 aromatic carbocycles. The molecule has 0 nitrogen and oxygen atoms in total. The van der Waals surface area contributed by atoms with E-state index in [4.69, 9.17) is 0 Å². The summed E-state index contributed by atoms with van der Waals surface area (Å²) >= 11 is 0. The van der Waals surface area contributed by atoms with E-state index in [2.05, 4.69) is 138 Å². The fourth-order valence-electron chi connectivity index (χ4n) is 10.6. The van der Waals surface area contributed by atoms with Crippen molar-refractivity contribution in [2.45, 2.75) is 420 Å². The van der Waals surface area contributed by atoms with Gasteiger partial charge in [-0.2, -0.15) is 0 Å². The third-order valence-electron chi connectivity index (χ3n) is 16.3. The maximum absolute atomic E-state index is 2.64. The first-order valence-corrected chi connectivity index (χ1v) is 34.1. The van der Waals surface area contributed by atoms with Gasteiger partial charge in [0.1, 0.15) is 0 Å². The Morgan fingerprint density at radius 3 is 0.694 bits per heavy atom. The van der Waals surface area contributed by atoms with Crippen LogP contribution in [0.3, 0.4) is 0 Å².